The van der Waals surface area contributed by atoms with Crippen molar-refractivity contribution in [2.75, 3.05) is 12.4 Å². The van der Waals surface area contributed by atoms with Gasteiger partial charge in [-0.3, -0.25) is 0 Å². The smallest absolute Gasteiger partial charge is 0.171 e. The molecule has 2 aromatic carbocycles. The highest BCUT2D eigenvalue weighted by atomic mass is 32.1. The Hall–Kier alpha value is -2.14. The van der Waals surface area contributed by atoms with E-state index in [-0.39, 0.29) is 11.9 Å². The summed E-state index contributed by atoms with van der Waals surface area (Å²) in [6, 6.07) is 12.8. The van der Waals surface area contributed by atoms with Crippen molar-refractivity contribution in [3.05, 3.63) is 59.4 Å². The van der Waals surface area contributed by atoms with Crippen LogP contribution < -0.4 is 15.4 Å². The van der Waals surface area contributed by atoms with E-state index in [1.54, 1.807) is 25.3 Å². The maximum Gasteiger partial charge on any atom is 0.171 e. The molecule has 0 radical (unpaired) electrons. The summed E-state index contributed by atoms with van der Waals surface area (Å²) in [5, 5.41) is 6.67. The quantitative estimate of drug-likeness (QED) is 0.827. The SMILES string of the molecule is COc1ccc2c(c1)CCCC2NC(=S)Nc1ccccc1F. The molecule has 0 bridgehead atoms. The van der Waals surface area contributed by atoms with E-state index in [0.717, 1.165) is 25.0 Å². The summed E-state index contributed by atoms with van der Waals surface area (Å²) < 4.78 is 19.0. The standard InChI is InChI=1S/C18H19FN2OS/c1-22-13-9-10-14-12(11-13)5-4-8-16(14)20-18(23)21-17-7-3-2-6-15(17)19/h2-3,6-7,9-11,16H,4-5,8H2,1H3,(H2,20,21,23). The van der Waals surface area contributed by atoms with Crippen molar-refractivity contribution in [1.29, 1.82) is 0 Å². The predicted molar refractivity (Wildman–Crippen MR) is 94.4 cm³/mol. The third-order valence-corrected chi connectivity index (χ3v) is 4.31. The predicted octanol–water partition coefficient (Wildman–Crippen LogP) is 4.20. The highest BCUT2D eigenvalue weighted by molar-refractivity contribution is 7.80. The molecule has 2 aromatic rings. The summed E-state index contributed by atoms with van der Waals surface area (Å²) in [5.41, 5.74) is 2.90. The lowest BCUT2D eigenvalue weighted by Gasteiger charge is -2.28. The Balaban J connectivity index is 1.72. The molecular weight excluding hydrogens is 311 g/mol. The van der Waals surface area contributed by atoms with Crippen LogP contribution in [-0.4, -0.2) is 12.2 Å². The summed E-state index contributed by atoms with van der Waals surface area (Å²) in [6.45, 7) is 0. The molecule has 0 saturated carbocycles. The first-order chi connectivity index (χ1) is 11.2. The van der Waals surface area contributed by atoms with Gasteiger partial charge in [-0.15, -0.1) is 0 Å². The fourth-order valence-corrected chi connectivity index (χ4v) is 3.20. The minimum Gasteiger partial charge on any atom is -0.497 e. The summed E-state index contributed by atoms with van der Waals surface area (Å²) in [6.07, 6.45) is 3.12. The summed E-state index contributed by atoms with van der Waals surface area (Å²) in [7, 11) is 1.67. The van der Waals surface area contributed by atoms with Gasteiger partial charge in [-0.2, -0.15) is 0 Å². The maximum atomic E-state index is 13.7. The van der Waals surface area contributed by atoms with Crippen LogP contribution in [0.2, 0.25) is 0 Å². The molecule has 0 aromatic heterocycles. The number of nitrogens with one attached hydrogen (secondary N) is 2. The lowest BCUT2D eigenvalue weighted by atomic mass is 9.87. The zero-order chi connectivity index (χ0) is 16.2. The summed E-state index contributed by atoms with van der Waals surface area (Å²) >= 11 is 5.34. The number of hydrogen-bond donors (Lipinski definition) is 2. The van der Waals surface area contributed by atoms with Gasteiger partial charge in [-0.05, 0) is 66.9 Å². The van der Waals surface area contributed by atoms with E-state index in [1.807, 2.05) is 6.07 Å². The van der Waals surface area contributed by atoms with E-state index in [1.165, 1.54) is 17.2 Å². The summed E-state index contributed by atoms with van der Waals surface area (Å²) in [4.78, 5) is 0. The Morgan fingerprint density at radius 3 is 2.87 bits per heavy atom. The second-order valence-electron chi connectivity index (χ2n) is 5.59. The molecule has 23 heavy (non-hydrogen) atoms. The number of aryl methyl sites for hydroxylation is 1. The van der Waals surface area contributed by atoms with Gasteiger partial charge in [0.15, 0.2) is 5.11 Å². The van der Waals surface area contributed by atoms with Crippen molar-refractivity contribution in [1.82, 2.24) is 5.32 Å². The third kappa shape index (κ3) is 3.62. The van der Waals surface area contributed by atoms with Crippen molar-refractivity contribution in [2.45, 2.75) is 25.3 Å². The monoisotopic (exact) mass is 330 g/mol. The molecular formula is C18H19FN2OS. The average molecular weight is 330 g/mol. The topological polar surface area (TPSA) is 33.3 Å². The van der Waals surface area contributed by atoms with Crippen LogP contribution in [0.4, 0.5) is 10.1 Å². The Morgan fingerprint density at radius 1 is 1.26 bits per heavy atom. The third-order valence-electron chi connectivity index (χ3n) is 4.09. The van der Waals surface area contributed by atoms with Crippen molar-refractivity contribution in [3.63, 3.8) is 0 Å². The molecule has 120 valence electrons. The molecule has 0 fully saturated rings. The fourth-order valence-electron chi connectivity index (χ4n) is 2.95. The van der Waals surface area contributed by atoms with Crippen LogP contribution in [0.1, 0.15) is 30.0 Å². The zero-order valence-electron chi connectivity index (χ0n) is 12.9. The van der Waals surface area contributed by atoms with Gasteiger partial charge in [-0.25, -0.2) is 4.39 Å². The Kier molecular flexibility index (Phi) is 4.76. The second-order valence-corrected chi connectivity index (χ2v) is 6.00. The molecule has 1 atom stereocenters. The molecule has 1 aliphatic rings. The van der Waals surface area contributed by atoms with Crippen LogP contribution in [0.5, 0.6) is 5.75 Å². The Morgan fingerprint density at radius 2 is 2.09 bits per heavy atom. The van der Waals surface area contributed by atoms with E-state index >= 15 is 0 Å². The van der Waals surface area contributed by atoms with Gasteiger partial charge in [0.1, 0.15) is 11.6 Å². The highest BCUT2D eigenvalue weighted by Crippen LogP contribution is 2.32. The molecule has 0 saturated heterocycles. The van der Waals surface area contributed by atoms with Crippen molar-refractivity contribution < 1.29 is 9.13 Å². The minimum absolute atomic E-state index is 0.136. The number of rotatable bonds is 3. The van der Waals surface area contributed by atoms with Crippen LogP contribution >= 0.6 is 12.2 Å². The molecule has 3 rings (SSSR count). The molecule has 1 aliphatic carbocycles. The van der Waals surface area contributed by atoms with E-state index in [0.29, 0.717) is 10.8 Å². The molecule has 0 spiro atoms. The van der Waals surface area contributed by atoms with E-state index in [9.17, 15) is 4.39 Å². The lowest BCUT2D eigenvalue weighted by Crippen LogP contribution is -2.34. The van der Waals surface area contributed by atoms with E-state index < -0.39 is 0 Å². The highest BCUT2D eigenvalue weighted by Gasteiger charge is 2.21. The van der Waals surface area contributed by atoms with Crippen molar-refractivity contribution in [2.24, 2.45) is 0 Å². The number of halogens is 1. The van der Waals surface area contributed by atoms with Gasteiger partial charge in [0.05, 0.1) is 18.8 Å². The van der Waals surface area contributed by atoms with Gasteiger partial charge in [0.25, 0.3) is 0 Å². The minimum atomic E-state index is -0.314. The fraction of sp³-hybridized carbons (Fsp3) is 0.278. The van der Waals surface area contributed by atoms with Crippen LogP contribution in [-0.2, 0) is 6.42 Å². The van der Waals surface area contributed by atoms with Crippen molar-refractivity contribution in [3.8, 4) is 5.75 Å². The molecule has 3 nitrogen and oxygen atoms in total. The zero-order valence-corrected chi connectivity index (χ0v) is 13.8. The van der Waals surface area contributed by atoms with Gasteiger partial charge < -0.3 is 15.4 Å². The molecule has 0 aliphatic heterocycles. The van der Waals surface area contributed by atoms with Gasteiger partial charge in [0, 0.05) is 0 Å². The largest absolute Gasteiger partial charge is 0.497 e. The Bertz CT molecular complexity index is 720. The molecule has 0 amide bonds. The number of thiocarbonyl (C=S) groups is 1. The molecule has 1 unspecified atom stereocenters. The molecule has 2 N–H and O–H groups in total. The Labute approximate surface area is 140 Å². The van der Waals surface area contributed by atoms with Crippen LogP contribution in [0.25, 0.3) is 0 Å². The lowest BCUT2D eigenvalue weighted by molar-refractivity contribution is 0.412. The normalized spacial score (nSPS) is 16.3. The number of ether oxygens (including phenoxy) is 1. The van der Waals surface area contributed by atoms with Crippen molar-refractivity contribution >= 4 is 23.0 Å². The van der Waals surface area contributed by atoms with Gasteiger partial charge in [0.2, 0.25) is 0 Å². The first kappa shape index (κ1) is 15.7. The number of fused-ring (bicyclic) bond motifs is 1. The number of hydrogen-bond acceptors (Lipinski definition) is 2. The van der Waals surface area contributed by atoms with Gasteiger partial charge in [-0.1, -0.05) is 18.2 Å². The second kappa shape index (κ2) is 6.96. The summed E-state index contributed by atoms with van der Waals surface area (Å²) in [5.74, 6) is 0.557. The van der Waals surface area contributed by atoms with E-state index in [4.69, 9.17) is 17.0 Å². The molecule has 5 heteroatoms. The van der Waals surface area contributed by atoms with Crippen LogP contribution in [0.15, 0.2) is 42.5 Å². The first-order valence-corrected chi connectivity index (χ1v) is 8.07. The maximum absolute atomic E-state index is 13.7. The average Bonchev–Trinajstić information content (AvgIpc) is 2.56. The van der Waals surface area contributed by atoms with Gasteiger partial charge >= 0.3 is 0 Å². The van der Waals surface area contributed by atoms with Crippen LogP contribution in [0.3, 0.4) is 0 Å². The van der Waals surface area contributed by atoms with E-state index in [2.05, 4.69) is 22.8 Å². The molecule has 0 heterocycles. The number of para-hydroxylation sites is 1. The van der Waals surface area contributed by atoms with Crippen LogP contribution in [0, 0.1) is 5.82 Å². The first-order valence-electron chi connectivity index (χ1n) is 7.66. The number of benzene rings is 2. The number of anilines is 1. The number of methoxy groups -OCH3 is 1.